The van der Waals surface area contributed by atoms with E-state index in [4.69, 9.17) is 0 Å². The summed E-state index contributed by atoms with van der Waals surface area (Å²) in [5.41, 5.74) is 0. The Morgan fingerprint density at radius 1 is 1.31 bits per heavy atom. The predicted octanol–water partition coefficient (Wildman–Crippen LogP) is -1.10. The fourth-order valence-electron chi connectivity index (χ4n) is 0.432. The summed E-state index contributed by atoms with van der Waals surface area (Å²) in [6, 6.07) is 0. The van der Waals surface area contributed by atoms with Crippen molar-refractivity contribution in [2.24, 2.45) is 0 Å². The fourth-order valence-corrected chi connectivity index (χ4v) is 3.12. The van der Waals surface area contributed by atoms with Crippen LogP contribution in [0.1, 0.15) is 0 Å². The van der Waals surface area contributed by atoms with Crippen LogP contribution in [0.15, 0.2) is 12.7 Å². The monoisotopic (exact) mass is 228 g/mol. The molecule has 0 saturated heterocycles. The maximum Gasteiger partial charge on any atom is 0.333 e. The molecule has 0 spiro atoms. The average molecular weight is 228 g/mol. The van der Waals surface area contributed by atoms with Gasteiger partial charge in [-0.1, -0.05) is 6.08 Å². The van der Waals surface area contributed by atoms with Gasteiger partial charge in [0.15, 0.2) is 0 Å². The molecule has 0 fully saturated rings. The van der Waals surface area contributed by atoms with Crippen molar-refractivity contribution in [3.05, 3.63) is 12.7 Å². The first kappa shape index (κ1) is 12.6. The standard InChI is InChI=1S/C5H12N2O4S2/c1-4-5-6-12(8,9)13(10,11)7(2)3/h4,6H,1,5H2,2-3H3. The van der Waals surface area contributed by atoms with Crippen LogP contribution in [-0.4, -0.2) is 41.8 Å². The molecular formula is C5H12N2O4S2. The molecule has 0 aromatic heterocycles. The number of nitrogens with one attached hydrogen (secondary N) is 1. The third-order valence-electron chi connectivity index (χ3n) is 1.13. The molecule has 0 aliphatic heterocycles. The summed E-state index contributed by atoms with van der Waals surface area (Å²) in [6.45, 7) is 3.14. The van der Waals surface area contributed by atoms with Gasteiger partial charge in [-0.15, -0.1) is 6.58 Å². The van der Waals surface area contributed by atoms with Crippen LogP contribution in [0.25, 0.3) is 0 Å². The van der Waals surface area contributed by atoms with Gasteiger partial charge >= 0.3 is 18.1 Å². The molecule has 0 bridgehead atoms. The lowest BCUT2D eigenvalue weighted by Gasteiger charge is -2.11. The van der Waals surface area contributed by atoms with Crippen LogP contribution in [-0.2, 0) is 18.1 Å². The average Bonchev–Trinajstić information content (AvgIpc) is 2.00. The van der Waals surface area contributed by atoms with Crippen LogP contribution >= 0.6 is 0 Å². The molecular weight excluding hydrogens is 216 g/mol. The highest BCUT2D eigenvalue weighted by atomic mass is 33.2. The lowest BCUT2D eigenvalue weighted by atomic mass is 10.7. The Bertz CT molecular complexity index is 367. The first-order chi connectivity index (χ1) is 5.75. The summed E-state index contributed by atoms with van der Waals surface area (Å²) in [5, 5.41) is 0. The minimum atomic E-state index is -4.34. The minimum absolute atomic E-state index is 0.116. The van der Waals surface area contributed by atoms with Crippen molar-refractivity contribution in [2.75, 3.05) is 20.6 Å². The molecule has 0 amide bonds. The van der Waals surface area contributed by atoms with E-state index >= 15 is 0 Å². The third-order valence-corrected chi connectivity index (χ3v) is 6.01. The molecule has 0 atom stereocenters. The first-order valence-electron chi connectivity index (χ1n) is 3.28. The van der Waals surface area contributed by atoms with Gasteiger partial charge in [0.25, 0.3) is 0 Å². The van der Waals surface area contributed by atoms with Gasteiger partial charge in [0.2, 0.25) is 0 Å². The zero-order valence-electron chi connectivity index (χ0n) is 7.39. The molecule has 13 heavy (non-hydrogen) atoms. The van der Waals surface area contributed by atoms with Crippen LogP contribution in [0.3, 0.4) is 0 Å². The van der Waals surface area contributed by atoms with Gasteiger partial charge in [0.1, 0.15) is 0 Å². The van der Waals surface area contributed by atoms with E-state index in [-0.39, 0.29) is 6.54 Å². The molecule has 0 aliphatic rings. The highest BCUT2D eigenvalue weighted by molar-refractivity contribution is 8.65. The van der Waals surface area contributed by atoms with Gasteiger partial charge < -0.3 is 0 Å². The molecule has 78 valence electrons. The van der Waals surface area contributed by atoms with Crippen molar-refractivity contribution < 1.29 is 16.8 Å². The Morgan fingerprint density at radius 2 is 1.77 bits per heavy atom. The highest BCUT2D eigenvalue weighted by Gasteiger charge is 2.30. The lowest BCUT2D eigenvalue weighted by Crippen LogP contribution is -2.38. The first-order valence-corrected chi connectivity index (χ1v) is 6.72. The second-order valence-electron chi connectivity index (χ2n) is 2.33. The highest BCUT2D eigenvalue weighted by Crippen LogP contribution is 2.02. The summed E-state index contributed by atoms with van der Waals surface area (Å²) >= 11 is 0. The Kier molecular flexibility index (Phi) is 4.04. The van der Waals surface area contributed by atoms with Crippen LogP contribution < -0.4 is 4.72 Å². The summed E-state index contributed by atoms with van der Waals surface area (Å²) in [6.07, 6.45) is 1.25. The summed E-state index contributed by atoms with van der Waals surface area (Å²) in [7, 11) is -6.36. The molecule has 6 nitrogen and oxygen atoms in total. The summed E-state index contributed by atoms with van der Waals surface area (Å²) in [5.74, 6) is 0. The maximum atomic E-state index is 11.1. The molecule has 1 N–H and O–H groups in total. The Balaban J connectivity index is 4.96. The Labute approximate surface area is 77.7 Å². The van der Waals surface area contributed by atoms with E-state index in [0.29, 0.717) is 4.31 Å². The largest absolute Gasteiger partial charge is 0.333 e. The third kappa shape index (κ3) is 2.76. The summed E-state index contributed by atoms with van der Waals surface area (Å²) < 4.78 is 46.8. The predicted molar refractivity (Wildman–Crippen MR) is 49.7 cm³/mol. The van der Waals surface area contributed by atoms with Crippen LogP contribution in [0, 0.1) is 0 Å². The SMILES string of the molecule is C=CCNS(=O)(=O)S(=O)(=O)N(C)C. The number of nitrogens with zero attached hydrogens (tertiary/aromatic N) is 1. The lowest BCUT2D eigenvalue weighted by molar-refractivity contribution is 0.524. The van der Waals surface area contributed by atoms with E-state index in [1.807, 2.05) is 4.72 Å². The molecule has 0 rings (SSSR count). The molecule has 0 unspecified atom stereocenters. The molecule has 0 aromatic carbocycles. The van der Waals surface area contributed by atoms with Crippen LogP contribution in [0.5, 0.6) is 0 Å². The van der Waals surface area contributed by atoms with E-state index in [9.17, 15) is 16.8 Å². The van der Waals surface area contributed by atoms with E-state index in [2.05, 4.69) is 6.58 Å². The van der Waals surface area contributed by atoms with Crippen LogP contribution in [0.4, 0.5) is 0 Å². The molecule has 8 heteroatoms. The molecule has 0 aliphatic carbocycles. The van der Waals surface area contributed by atoms with Crippen molar-refractivity contribution in [2.45, 2.75) is 0 Å². The number of rotatable bonds is 5. The molecule has 0 radical (unpaired) electrons. The van der Waals surface area contributed by atoms with Gasteiger partial charge in [-0.2, -0.15) is 25.9 Å². The van der Waals surface area contributed by atoms with Gasteiger partial charge in [-0.25, -0.2) is 0 Å². The zero-order chi connectivity index (χ0) is 10.7. The second kappa shape index (κ2) is 4.18. The number of hydrogen-bond donors (Lipinski definition) is 1. The van der Waals surface area contributed by atoms with E-state index in [1.54, 1.807) is 0 Å². The van der Waals surface area contributed by atoms with Gasteiger partial charge in [0.05, 0.1) is 0 Å². The molecule has 0 heterocycles. The fraction of sp³-hybridized carbons (Fsp3) is 0.600. The van der Waals surface area contributed by atoms with Crippen molar-refractivity contribution in [3.8, 4) is 0 Å². The normalized spacial score (nSPS) is 13.2. The van der Waals surface area contributed by atoms with Gasteiger partial charge in [0, 0.05) is 20.6 Å². The maximum absolute atomic E-state index is 11.1. The molecule has 0 saturated carbocycles. The van der Waals surface area contributed by atoms with Crippen LogP contribution in [0.2, 0.25) is 0 Å². The smallest absolute Gasteiger partial charge is 0.197 e. The van der Waals surface area contributed by atoms with E-state index in [1.165, 1.54) is 6.08 Å². The van der Waals surface area contributed by atoms with E-state index in [0.717, 1.165) is 14.1 Å². The van der Waals surface area contributed by atoms with Crippen molar-refractivity contribution >= 4 is 18.1 Å². The van der Waals surface area contributed by atoms with E-state index < -0.39 is 18.1 Å². The van der Waals surface area contributed by atoms with Crippen molar-refractivity contribution in [3.63, 3.8) is 0 Å². The second-order valence-corrected chi connectivity index (χ2v) is 7.69. The number of hydrogen-bond acceptors (Lipinski definition) is 4. The Morgan fingerprint density at radius 3 is 2.08 bits per heavy atom. The molecule has 0 aromatic rings. The minimum Gasteiger partial charge on any atom is -0.197 e. The Hall–Kier alpha value is -0.440. The van der Waals surface area contributed by atoms with Crippen molar-refractivity contribution in [1.29, 1.82) is 0 Å². The van der Waals surface area contributed by atoms with Gasteiger partial charge in [-0.05, 0) is 0 Å². The topological polar surface area (TPSA) is 83.5 Å². The summed E-state index contributed by atoms with van der Waals surface area (Å²) in [4.78, 5) is 0. The van der Waals surface area contributed by atoms with Crippen molar-refractivity contribution in [1.82, 2.24) is 9.03 Å². The zero-order valence-corrected chi connectivity index (χ0v) is 9.02. The quantitative estimate of drug-likeness (QED) is 0.478. The van der Waals surface area contributed by atoms with Gasteiger partial charge in [-0.3, -0.25) is 0 Å².